The van der Waals surface area contributed by atoms with Gasteiger partial charge in [-0.15, -0.1) is 0 Å². The predicted molar refractivity (Wildman–Crippen MR) is 127 cm³/mol. The van der Waals surface area contributed by atoms with Gasteiger partial charge in [-0.2, -0.15) is 5.10 Å². The molecule has 11 heteroatoms. The molecule has 0 spiro atoms. The Kier molecular flexibility index (Phi) is 7.16. The highest BCUT2D eigenvalue weighted by Gasteiger charge is 2.29. The Morgan fingerprint density at radius 2 is 1.83 bits per heavy atom. The minimum Gasteiger partial charge on any atom is -0.497 e. The van der Waals surface area contributed by atoms with Crippen molar-refractivity contribution >= 4 is 27.8 Å². The molecule has 9 nitrogen and oxygen atoms in total. The Labute approximate surface area is 201 Å². The van der Waals surface area contributed by atoms with E-state index in [0.717, 1.165) is 16.4 Å². The van der Waals surface area contributed by atoms with Crippen LogP contribution in [-0.2, 0) is 14.8 Å². The number of rotatable bonds is 8. The molecule has 0 fully saturated rings. The van der Waals surface area contributed by atoms with E-state index in [9.17, 15) is 17.6 Å². The van der Waals surface area contributed by atoms with Gasteiger partial charge in [0.1, 0.15) is 31.3 Å². The number of carbonyl (C=O) groups excluding carboxylic acids is 1. The third-order valence-corrected chi connectivity index (χ3v) is 6.77. The predicted octanol–water partition coefficient (Wildman–Crippen LogP) is 2.95. The number of amides is 1. The Bertz CT molecular complexity index is 1350. The number of anilines is 1. The smallest absolute Gasteiger partial charge is 0.264 e. The Hall–Kier alpha value is -4.12. The quantitative estimate of drug-likeness (QED) is 0.377. The molecule has 1 aliphatic heterocycles. The van der Waals surface area contributed by atoms with Gasteiger partial charge >= 0.3 is 0 Å². The van der Waals surface area contributed by atoms with Gasteiger partial charge in [0, 0.05) is 6.07 Å². The van der Waals surface area contributed by atoms with Crippen molar-refractivity contribution in [3.05, 3.63) is 78.1 Å². The summed E-state index contributed by atoms with van der Waals surface area (Å²) < 4.78 is 57.5. The molecule has 0 aliphatic carbocycles. The van der Waals surface area contributed by atoms with Crippen LogP contribution in [0.1, 0.15) is 5.56 Å². The van der Waals surface area contributed by atoms with Gasteiger partial charge in [0.15, 0.2) is 11.5 Å². The third-order valence-electron chi connectivity index (χ3n) is 5.00. The number of ether oxygens (including phenoxy) is 3. The monoisotopic (exact) mass is 499 g/mol. The molecule has 0 saturated carbocycles. The van der Waals surface area contributed by atoms with Crippen LogP contribution in [-0.4, -0.2) is 47.4 Å². The van der Waals surface area contributed by atoms with Crippen molar-refractivity contribution in [1.29, 1.82) is 0 Å². The molecule has 3 aromatic rings. The standard InChI is InChI=1S/C24H22FN3O6S/c1-32-20-4-2-3-17(13-20)15-26-27-24(29)16-28(19-7-5-18(25)6-8-19)35(30,31)21-9-10-22-23(14-21)34-12-11-33-22/h2-10,13-15H,11-12,16H2,1H3,(H,27,29)/b26-15-. The molecule has 0 atom stereocenters. The summed E-state index contributed by atoms with van der Waals surface area (Å²) in [4.78, 5) is 12.5. The lowest BCUT2D eigenvalue weighted by Gasteiger charge is -2.25. The van der Waals surface area contributed by atoms with Crippen LogP contribution in [0.3, 0.4) is 0 Å². The van der Waals surface area contributed by atoms with Gasteiger partial charge in [-0.3, -0.25) is 9.10 Å². The Morgan fingerprint density at radius 3 is 2.57 bits per heavy atom. The molecule has 1 heterocycles. The zero-order valence-electron chi connectivity index (χ0n) is 18.7. The van der Waals surface area contributed by atoms with Crippen LogP contribution in [0.2, 0.25) is 0 Å². The first-order valence-corrected chi connectivity index (χ1v) is 11.9. The van der Waals surface area contributed by atoms with Crippen LogP contribution in [0, 0.1) is 5.82 Å². The van der Waals surface area contributed by atoms with E-state index in [4.69, 9.17) is 14.2 Å². The van der Waals surface area contributed by atoms with E-state index in [1.165, 1.54) is 43.7 Å². The molecule has 1 amide bonds. The average Bonchev–Trinajstić information content (AvgIpc) is 2.87. The number of sulfonamides is 1. The van der Waals surface area contributed by atoms with E-state index in [1.54, 1.807) is 24.3 Å². The van der Waals surface area contributed by atoms with Gasteiger partial charge in [0.25, 0.3) is 15.9 Å². The molecule has 0 unspecified atom stereocenters. The number of fused-ring (bicyclic) bond motifs is 1. The number of carbonyl (C=O) groups is 1. The van der Waals surface area contributed by atoms with Crippen molar-refractivity contribution in [2.24, 2.45) is 5.10 Å². The second kappa shape index (κ2) is 10.4. The first-order valence-electron chi connectivity index (χ1n) is 10.5. The molecule has 0 bridgehead atoms. The van der Waals surface area contributed by atoms with Crippen LogP contribution < -0.4 is 23.9 Å². The van der Waals surface area contributed by atoms with Gasteiger partial charge in [-0.05, 0) is 54.1 Å². The van der Waals surface area contributed by atoms with Gasteiger partial charge in [0.2, 0.25) is 0 Å². The summed E-state index contributed by atoms with van der Waals surface area (Å²) in [5, 5.41) is 3.89. The van der Waals surface area contributed by atoms with Crippen molar-refractivity contribution < 1.29 is 31.8 Å². The fourth-order valence-corrected chi connectivity index (χ4v) is 4.74. The summed E-state index contributed by atoms with van der Waals surface area (Å²) in [5.41, 5.74) is 3.09. The molecular formula is C24H22FN3O6S. The number of nitrogens with zero attached hydrogens (tertiary/aromatic N) is 2. The Morgan fingerprint density at radius 1 is 1.09 bits per heavy atom. The summed E-state index contributed by atoms with van der Waals surface area (Å²) in [6.45, 7) is 0.0426. The van der Waals surface area contributed by atoms with E-state index in [-0.39, 0.29) is 22.9 Å². The van der Waals surface area contributed by atoms with Crippen molar-refractivity contribution in [3.63, 3.8) is 0 Å². The van der Waals surface area contributed by atoms with Crippen LogP contribution in [0.5, 0.6) is 17.2 Å². The van der Waals surface area contributed by atoms with E-state index in [0.29, 0.717) is 23.7 Å². The molecular weight excluding hydrogens is 477 g/mol. The zero-order chi connectivity index (χ0) is 24.8. The van der Waals surface area contributed by atoms with Gasteiger partial charge in [-0.1, -0.05) is 12.1 Å². The summed E-state index contributed by atoms with van der Waals surface area (Å²) in [5.74, 6) is 0.0810. The maximum Gasteiger partial charge on any atom is 0.264 e. The second-order valence-corrected chi connectivity index (χ2v) is 9.23. The van der Waals surface area contributed by atoms with Crippen LogP contribution in [0.15, 0.2) is 76.7 Å². The van der Waals surface area contributed by atoms with Crippen molar-refractivity contribution in [2.45, 2.75) is 4.90 Å². The zero-order valence-corrected chi connectivity index (χ0v) is 19.5. The molecule has 0 saturated heterocycles. The molecule has 0 aromatic heterocycles. The number of halogens is 1. The third kappa shape index (κ3) is 5.69. The van der Waals surface area contributed by atoms with Crippen molar-refractivity contribution in [3.8, 4) is 17.2 Å². The number of hydrazone groups is 1. The van der Waals surface area contributed by atoms with Crippen LogP contribution >= 0.6 is 0 Å². The SMILES string of the molecule is COc1cccc(/C=N\NC(=O)CN(c2ccc(F)cc2)S(=O)(=O)c2ccc3c(c2)OCCO3)c1. The molecule has 1 N–H and O–H groups in total. The lowest BCUT2D eigenvalue weighted by molar-refractivity contribution is -0.119. The first kappa shape index (κ1) is 24.0. The topological polar surface area (TPSA) is 107 Å². The number of hydrogen-bond acceptors (Lipinski definition) is 7. The fraction of sp³-hybridized carbons (Fsp3) is 0.167. The largest absolute Gasteiger partial charge is 0.497 e. The number of methoxy groups -OCH3 is 1. The van der Waals surface area contributed by atoms with Gasteiger partial charge in [-0.25, -0.2) is 18.2 Å². The normalized spacial score (nSPS) is 12.9. The van der Waals surface area contributed by atoms with E-state index in [1.807, 2.05) is 0 Å². The number of nitrogens with one attached hydrogen (secondary N) is 1. The average molecular weight is 500 g/mol. The van der Waals surface area contributed by atoms with E-state index in [2.05, 4.69) is 10.5 Å². The van der Waals surface area contributed by atoms with Gasteiger partial charge in [0.05, 0.1) is 23.9 Å². The molecule has 4 rings (SSSR count). The molecule has 3 aromatic carbocycles. The van der Waals surface area contributed by atoms with Gasteiger partial charge < -0.3 is 14.2 Å². The molecule has 1 aliphatic rings. The molecule has 182 valence electrons. The number of benzene rings is 3. The Balaban J connectivity index is 1.57. The highest BCUT2D eigenvalue weighted by atomic mass is 32.2. The van der Waals surface area contributed by atoms with Crippen molar-refractivity contribution in [1.82, 2.24) is 5.43 Å². The highest BCUT2D eigenvalue weighted by Crippen LogP contribution is 2.34. The van der Waals surface area contributed by atoms with Crippen LogP contribution in [0.4, 0.5) is 10.1 Å². The minimum atomic E-state index is -4.24. The second-order valence-electron chi connectivity index (χ2n) is 7.36. The summed E-state index contributed by atoms with van der Waals surface area (Å²) in [6.07, 6.45) is 1.40. The lowest BCUT2D eigenvalue weighted by atomic mass is 10.2. The summed E-state index contributed by atoms with van der Waals surface area (Å²) in [7, 11) is -2.70. The lowest BCUT2D eigenvalue weighted by Crippen LogP contribution is -2.39. The first-order chi connectivity index (χ1) is 16.9. The molecule has 0 radical (unpaired) electrons. The maximum atomic E-state index is 13.5. The van der Waals surface area contributed by atoms with E-state index < -0.39 is 28.3 Å². The minimum absolute atomic E-state index is 0.105. The van der Waals surface area contributed by atoms with E-state index >= 15 is 0 Å². The summed E-state index contributed by atoms with van der Waals surface area (Å²) in [6, 6.07) is 16.0. The number of hydrogen-bond donors (Lipinski definition) is 1. The summed E-state index contributed by atoms with van der Waals surface area (Å²) >= 11 is 0. The fourth-order valence-electron chi connectivity index (χ4n) is 3.30. The highest BCUT2D eigenvalue weighted by molar-refractivity contribution is 7.92. The maximum absolute atomic E-state index is 13.5. The molecule has 35 heavy (non-hydrogen) atoms. The van der Waals surface area contributed by atoms with Crippen molar-refractivity contribution in [2.75, 3.05) is 31.2 Å². The van der Waals surface area contributed by atoms with Crippen LogP contribution in [0.25, 0.3) is 0 Å².